The summed E-state index contributed by atoms with van der Waals surface area (Å²) in [6, 6.07) is 18.7. The number of aryl methyl sites for hydroxylation is 1. The molecule has 1 fully saturated rings. The Morgan fingerprint density at radius 3 is 2.50 bits per heavy atom. The summed E-state index contributed by atoms with van der Waals surface area (Å²) in [5.41, 5.74) is 2.44. The summed E-state index contributed by atoms with van der Waals surface area (Å²) in [4.78, 5) is 5.01. The van der Waals surface area contributed by atoms with Crippen molar-refractivity contribution in [2.45, 2.75) is 57.4 Å². The lowest BCUT2D eigenvalue weighted by Crippen LogP contribution is -2.13. The van der Waals surface area contributed by atoms with Crippen LogP contribution in [0.25, 0.3) is 11.0 Å². The summed E-state index contributed by atoms with van der Waals surface area (Å²) in [6.07, 6.45) is 8.84. The van der Waals surface area contributed by atoms with Gasteiger partial charge in [0.05, 0.1) is 17.6 Å². The third-order valence-corrected chi connectivity index (χ3v) is 5.44. The van der Waals surface area contributed by atoms with Gasteiger partial charge >= 0.3 is 0 Å². The van der Waals surface area contributed by atoms with E-state index in [4.69, 9.17) is 9.72 Å². The lowest BCUT2D eigenvalue weighted by molar-refractivity contribution is 0.302. The van der Waals surface area contributed by atoms with Crippen LogP contribution in [0, 0.1) is 0 Å². The van der Waals surface area contributed by atoms with E-state index in [2.05, 4.69) is 28.8 Å². The van der Waals surface area contributed by atoms with E-state index in [-0.39, 0.29) is 0 Å². The van der Waals surface area contributed by atoms with Crippen LogP contribution in [0.4, 0.5) is 0 Å². The molecule has 0 aliphatic heterocycles. The highest BCUT2D eigenvalue weighted by Gasteiger charge is 2.22. The predicted molar refractivity (Wildman–Crippen MR) is 107 cm³/mol. The number of aromatic nitrogens is 2. The van der Waals surface area contributed by atoms with Crippen LogP contribution >= 0.6 is 0 Å². The molecule has 0 amide bonds. The summed E-state index contributed by atoms with van der Waals surface area (Å²) < 4.78 is 8.31. The van der Waals surface area contributed by atoms with Crippen LogP contribution in [-0.2, 0) is 6.54 Å². The van der Waals surface area contributed by atoms with E-state index in [1.807, 2.05) is 30.3 Å². The van der Waals surface area contributed by atoms with E-state index < -0.39 is 0 Å². The van der Waals surface area contributed by atoms with Crippen LogP contribution in [0.15, 0.2) is 54.6 Å². The molecular weight excluding hydrogens is 320 g/mol. The van der Waals surface area contributed by atoms with Gasteiger partial charge in [-0.2, -0.15) is 0 Å². The third-order valence-electron chi connectivity index (χ3n) is 5.44. The van der Waals surface area contributed by atoms with Gasteiger partial charge in [-0.25, -0.2) is 4.98 Å². The highest BCUT2D eigenvalue weighted by molar-refractivity contribution is 5.76. The van der Waals surface area contributed by atoms with Gasteiger partial charge in [-0.05, 0) is 49.9 Å². The maximum atomic E-state index is 5.83. The number of hydrogen-bond acceptors (Lipinski definition) is 2. The lowest BCUT2D eigenvalue weighted by atomic mass is 9.88. The van der Waals surface area contributed by atoms with Crippen LogP contribution < -0.4 is 4.74 Å². The average Bonchev–Trinajstić information content (AvgIpc) is 3.08. The van der Waals surface area contributed by atoms with Crippen LogP contribution in [0.3, 0.4) is 0 Å². The van der Waals surface area contributed by atoms with E-state index in [9.17, 15) is 0 Å². The van der Waals surface area contributed by atoms with E-state index in [1.54, 1.807) is 0 Å². The summed E-state index contributed by atoms with van der Waals surface area (Å²) >= 11 is 0. The minimum atomic E-state index is 0.636. The quantitative estimate of drug-likeness (QED) is 0.494. The smallest absolute Gasteiger partial charge is 0.119 e. The number of para-hydroxylation sites is 3. The summed E-state index contributed by atoms with van der Waals surface area (Å²) in [6.45, 7) is 1.81. The van der Waals surface area contributed by atoms with Crippen molar-refractivity contribution in [1.82, 2.24) is 9.55 Å². The molecule has 1 heterocycles. The Kier molecular flexibility index (Phi) is 5.53. The first-order valence-electron chi connectivity index (χ1n) is 10.0. The Bertz CT molecular complexity index is 819. The molecule has 3 aromatic rings. The molecule has 26 heavy (non-hydrogen) atoms. The number of unbranched alkanes of at least 4 members (excludes halogenated alkanes) is 1. The second-order valence-electron chi connectivity index (χ2n) is 7.31. The molecule has 1 aliphatic rings. The highest BCUT2D eigenvalue weighted by atomic mass is 16.5. The van der Waals surface area contributed by atoms with E-state index in [1.165, 1.54) is 43.4 Å². The minimum absolute atomic E-state index is 0.636. The van der Waals surface area contributed by atoms with Gasteiger partial charge in [0.1, 0.15) is 11.6 Å². The lowest BCUT2D eigenvalue weighted by Gasteiger charge is -2.22. The number of ether oxygens (including phenoxy) is 1. The maximum Gasteiger partial charge on any atom is 0.119 e. The van der Waals surface area contributed by atoms with E-state index in [0.29, 0.717) is 5.92 Å². The number of fused-ring (bicyclic) bond motifs is 1. The second-order valence-corrected chi connectivity index (χ2v) is 7.31. The fourth-order valence-electron chi connectivity index (χ4n) is 4.08. The van der Waals surface area contributed by atoms with Gasteiger partial charge in [0.25, 0.3) is 0 Å². The van der Waals surface area contributed by atoms with Crippen molar-refractivity contribution >= 4 is 11.0 Å². The molecule has 0 saturated heterocycles. The Labute approximate surface area is 156 Å². The molecule has 3 heteroatoms. The van der Waals surface area contributed by atoms with Crippen LogP contribution in [-0.4, -0.2) is 16.2 Å². The molecule has 1 aliphatic carbocycles. The number of nitrogens with zero attached hydrogens (tertiary/aromatic N) is 2. The molecule has 0 spiro atoms. The van der Waals surface area contributed by atoms with Gasteiger partial charge in [0.15, 0.2) is 0 Å². The number of imidazole rings is 1. The monoisotopic (exact) mass is 348 g/mol. The van der Waals surface area contributed by atoms with Gasteiger partial charge in [0, 0.05) is 12.5 Å². The van der Waals surface area contributed by atoms with Gasteiger partial charge in [-0.3, -0.25) is 0 Å². The minimum Gasteiger partial charge on any atom is -0.494 e. The molecule has 1 aromatic heterocycles. The van der Waals surface area contributed by atoms with Crippen molar-refractivity contribution in [3.05, 3.63) is 60.4 Å². The van der Waals surface area contributed by atoms with Crippen molar-refractivity contribution in [2.24, 2.45) is 0 Å². The topological polar surface area (TPSA) is 27.1 Å². The largest absolute Gasteiger partial charge is 0.494 e. The predicted octanol–water partition coefficient (Wildman–Crippen LogP) is 5.94. The summed E-state index contributed by atoms with van der Waals surface area (Å²) in [5.74, 6) is 2.91. The molecule has 0 N–H and O–H groups in total. The van der Waals surface area contributed by atoms with Crippen molar-refractivity contribution in [3.8, 4) is 5.75 Å². The molecular formula is C23H28N2O. The Morgan fingerprint density at radius 1 is 0.885 bits per heavy atom. The third kappa shape index (κ3) is 3.92. The molecule has 3 nitrogen and oxygen atoms in total. The van der Waals surface area contributed by atoms with E-state index >= 15 is 0 Å². The highest BCUT2D eigenvalue weighted by Crippen LogP contribution is 2.34. The SMILES string of the molecule is c1ccc(OCCCCn2c(C3CCCCC3)nc3ccccc32)cc1. The Balaban J connectivity index is 1.41. The number of hydrogen-bond donors (Lipinski definition) is 0. The first-order valence-corrected chi connectivity index (χ1v) is 10.0. The zero-order chi connectivity index (χ0) is 17.6. The molecule has 0 radical (unpaired) electrons. The Hall–Kier alpha value is -2.29. The number of rotatable bonds is 7. The standard InChI is InChI=1S/C23H28N2O/c1-3-11-19(12-4-1)23-24-21-15-7-8-16-22(21)25(23)17-9-10-18-26-20-13-5-2-6-14-20/h2,5-8,13-16,19H,1,3-4,9-12,17-18H2. The zero-order valence-electron chi connectivity index (χ0n) is 15.4. The van der Waals surface area contributed by atoms with Gasteiger partial charge < -0.3 is 9.30 Å². The van der Waals surface area contributed by atoms with Crippen LogP contribution in [0.1, 0.15) is 56.7 Å². The van der Waals surface area contributed by atoms with Crippen LogP contribution in [0.5, 0.6) is 5.75 Å². The second kappa shape index (κ2) is 8.39. The van der Waals surface area contributed by atoms with Crippen molar-refractivity contribution in [3.63, 3.8) is 0 Å². The average molecular weight is 348 g/mol. The van der Waals surface area contributed by atoms with Gasteiger partial charge in [-0.1, -0.05) is 49.6 Å². The van der Waals surface area contributed by atoms with Crippen LogP contribution in [0.2, 0.25) is 0 Å². The number of benzene rings is 2. The first kappa shape index (κ1) is 17.1. The van der Waals surface area contributed by atoms with Gasteiger partial charge in [0.2, 0.25) is 0 Å². The van der Waals surface area contributed by atoms with Crippen molar-refractivity contribution < 1.29 is 4.74 Å². The fraction of sp³-hybridized carbons (Fsp3) is 0.435. The normalized spacial score (nSPS) is 15.4. The molecule has 1 saturated carbocycles. The summed E-state index contributed by atoms with van der Waals surface area (Å²) in [5, 5.41) is 0. The summed E-state index contributed by atoms with van der Waals surface area (Å²) in [7, 11) is 0. The first-order chi connectivity index (χ1) is 12.9. The van der Waals surface area contributed by atoms with Gasteiger partial charge in [-0.15, -0.1) is 0 Å². The Morgan fingerprint density at radius 2 is 1.65 bits per heavy atom. The molecule has 0 atom stereocenters. The molecule has 2 aromatic carbocycles. The fourth-order valence-corrected chi connectivity index (χ4v) is 4.08. The van der Waals surface area contributed by atoms with Crippen molar-refractivity contribution in [2.75, 3.05) is 6.61 Å². The van der Waals surface area contributed by atoms with Crippen molar-refractivity contribution in [1.29, 1.82) is 0 Å². The zero-order valence-corrected chi connectivity index (χ0v) is 15.4. The van der Waals surface area contributed by atoms with E-state index in [0.717, 1.165) is 37.3 Å². The molecule has 0 unspecified atom stereocenters. The molecule has 4 rings (SSSR count). The molecule has 0 bridgehead atoms. The molecule has 136 valence electrons. The maximum absolute atomic E-state index is 5.83.